The number of nitrogens with one attached hydrogen (secondary N) is 2. The molecule has 0 bridgehead atoms. The van der Waals surface area contributed by atoms with E-state index in [0.29, 0.717) is 5.56 Å². The number of thiazole rings is 1. The van der Waals surface area contributed by atoms with Crippen LogP contribution in [0.15, 0.2) is 36.2 Å². The molecule has 0 spiro atoms. The van der Waals surface area contributed by atoms with E-state index < -0.39 is 0 Å². The van der Waals surface area contributed by atoms with Crippen molar-refractivity contribution >= 4 is 28.8 Å². The topological polar surface area (TPSA) is 88.4 Å². The third-order valence-electron chi connectivity index (χ3n) is 5.64. The van der Waals surface area contributed by atoms with E-state index >= 15 is 0 Å². The first-order valence-corrected chi connectivity index (χ1v) is 10.8. The quantitative estimate of drug-likeness (QED) is 0.674. The zero-order valence-electron chi connectivity index (χ0n) is 16.6. The maximum Gasteiger partial charge on any atom is 0.252 e. The SMILES string of the molecule is Cc1scnc1C(C)NC(=O)C1CCC(NC(=O)c2ccc3nccn3c2)CC1. The minimum atomic E-state index is -0.0823. The number of imidazole rings is 1. The van der Waals surface area contributed by atoms with Gasteiger partial charge in [0.25, 0.3) is 5.91 Å². The molecule has 4 rings (SSSR count). The normalized spacial score (nSPS) is 20.3. The van der Waals surface area contributed by atoms with Gasteiger partial charge in [0.15, 0.2) is 0 Å². The molecule has 1 aliphatic carbocycles. The van der Waals surface area contributed by atoms with Crippen molar-refractivity contribution in [1.82, 2.24) is 25.0 Å². The first-order chi connectivity index (χ1) is 14.0. The molecule has 3 aromatic rings. The lowest BCUT2D eigenvalue weighted by molar-refractivity contribution is -0.126. The number of pyridine rings is 1. The summed E-state index contributed by atoms with van der Waals surface area (Å²) in [5.74, 6) is -0.00629. The summed E-state index contributed by atoms with van der Waals surface area (Å²) in [6.07, 6.45) is 8.49. The van der Waals surface area contributed by atoms with Crippen molar-refractivity contribution in [2.75, 3.05) is 0 Å². The molecular formula is C21H25N5O2S. The van der Waals surface area contributed by atoms with Crippen molar-refractivity contribution in [2.24, 2.45) is 5.92 Å². The van der Waals surface area contributed by atoms with Gasteiger partial charge in [0.05, 0.1) is 22.8 Å². The van der Waals surface area contributed by atoms with Crippen LogP contribution in [0.5, 0.6) is 0 Å². The van der Waals surface area contributed by atoms with Crippen LogP contribution < -0.4 is 10.6 Å². The summed E-state index contributed by atoms with van der Waals surface area (Å²) in [7, 11) is 0. The molecule has 1 aliphatic rings. The van der Waals surface area contributed by atoms with Gasteiger partial charge in [-0.15, -0.1) is 11.3 Å². The number of hydrogen-bond donors (Lipinski definition) is 2. The molecule has 0 aromatic carbocycles. The van der Waals surface area contributed by atoms with E-state index in [9.17, 15) is 9.59 Å². The molecule has 29 heavy (non-hydrogen) atoms. The Kier molecular flexibility index (Phi) is 5.62. The fraction of sp³-hybridized carbons (Fsp3) is 0.429. The van der Waals surface area contributed by atoms with E-state index in [1.54, 1.807) is 29.8 Å². The van der Waals surface area contributed by atoms with Crippen LogP contribution in [0.25, 0.3) is 5.65 Å². The van der Waals surface area contributed by atoms with E-state index in [0.717, 1.165) is 41.9 Å². The van der Waals surface area contributed by atoms with Crippen molar-refractivity contribution in [2.45, 2.75) is 51.6 Å². The van der Waals surface area contributed by atoms with Gasteiger partial charge in [0.1, 0.15) is 5.65 Å². The Morgan fingerprint density at radius 2 is 2.00 bits per heavy atom. The largest absolute Gasteiger partial charge is 0.349 e. The Labute approximate surface area is 173 Å². The molecule has 0 saturated heterocycles. The molecule has 3 aromatic heterocycles. The number of amides is 2. The zero-order valence-corrected chi connectivity index (χ0v) is 17.4. The third kappa shape index (κ3) is 4.32. The molecule has 7 nitrogen and oxygen atoms in total. The predicted octanol–water partition coefficient (Wildman–Crippen LogP) is 3.27. The van der Waals surface area contributed by atoms with Crippen LogP contribution in [0, 0.1) is 12.8 Å². The summed E-state index contributed by atoms with van der Waals surface area (Å²) in [5.41, 5.74) is 4.18. The van der Waals surface area contributed by atoms with Gasteiger partial charge in [0.2, 0.25) is 5.91 Å². The maximum atomic E-state index is 12.6. The summed E-state index contributed by atoms with van der Waals surface area (Å²) in [6.45, 7) is 4.00. The first-order valence-electron chi connectivity index (χ1n) is 9.95. The number of fused-ring (bicyclic) bond motifs is 1. The van der Waals surface area contributed by atoms with Crippen LogP contribution in [0.1, 0.15) is 59.6 Å². The van der Waals surface area contributed by atoms with Gasteiger partial charge in [-0.1, -0.05) is 0 Å². The van der Waals surface area contributed by atoms with E-state index in [1.165, 1.54) is 0 Å². The minimum absolute atomic E-state index is 0.00755. The standard InChI is InChI=1S/C21H25N5O2S/c1-13(19-14(2)29-12-23-19)24-20(27)15-3-6-17(7-4-15)25-21(28)16-5-8-18-22-9-10-26(18)11-16/h5,8-13,15,17H,3-4,6-7H2,1-2H3,(H,24,27)(H,25,28). The van der Waals surface area contributed by atoms with Crippen LogP contribution in [0.3, 0.4) is 0 Å². The monoisotopic (exact) mass is 411 g/mol. The number of carbonyl (C=O) groups is 2. The van der Waals surface area contributed by atoms with Crippen molar-refractivity contribution < 1.29 is 9.59 Å². The average Bonchev–Trinajstić information content (AvgIpc) is 3.36. The van der Waals surface area contributed by atoms with Gasteiger partial charge in [-0.25, -0.2) is 9.97 Å². The highest BCUT2D eigenvalue weighted by atomic mass is 32.1. The van der Waals surface area contributed by atoms with Gasteiger partial charge in [-0.3, -0.25) is 9.59 Å². The Morgan fingerprint density at radius 1 is 1.21 bits per heavy atom. The molecule has 8 heteroatoms. The van der Waals surface area contributed by atoms with Gasteiger partial charge in [-0.05, 0) is 51.7 Å². The molecule has 2 amide bonds. The molecule has 3 heterocycles. The number of nitrogens with zero attached hydrogens (tertiary/aromatic N) is 3. The second-order valence-electron chi connectivity index (χ2n) is 7.66. The lowest BCUT2D eigenvalue weighted by Gasteiger charge is -2.29. The number of aromatic nitrogens is 3. The molecule has 1 atom stereocenters. The van der Waals surface area contributed by atoms with Crippen molar-refractivity contribution in [3.05, 3.63) is 52.4 Å². The summed E-state index contributed by atoms with van der Waals surface area (Å²) in [5, 5.41) is 6.21. The van der Waals surface area contributed by atoms with Crippen LogP contribution >= 0.6 is 11.3 Å². The minimum Gasteiger partial charge on any atom is -0.349 e. The lowest BCUT2D eigenvalue weighted by Crippen LogP contribution is -2.41. The Morgan fingerprint density at radius 3 is 2.72 bits per heavy atom. The zero-order chi connectivity index (χ0) is 20.4. The molecule has 0 aliphatic heterocycles. The fourth-order valence-corrected chi connectivity index (χ4v) is 4.63. The van der Waals surface area contributed by atoms with E-state index in [-0.39, 0.29) is 29.8 Å². The van der Waals surface area contributed by atoms with Gasteiger partial charge < -0.3 is 15.0 Å². The van der Waals surface area contributed by atoms with Crippen LogP contribution in [-0.4, -0.2) is 32.2 Å². The molecule has 1 fully saturated rings. The summed E-state index contributed by atoms with van der Waals surface area (Å²) in [4.78, 5) is 34.9. The second kappa shape index (κ2) is 8.32. The highest BCUT2D eigenvalue weighted by molar-refractivity contribution is 7.09. The molecular weight excluding hydrogens is 386 g/mol. The molecule has 1 saturated carbocycles. The highest BCUT2D eigenvalue weighted by Gasteiger charge is 2.28. The summed E-state index contributed by atoms with van der Waals surface area (Å²) >= 11 is 1.59. The second-order valence-corrected chi connectivity index (χ2v) is 8.72. The molecule has 1 unspecified atom stereocenters. The van der Waals surface area contributed by atoms with Crippen LogP contribution in [0.2, 0.25) is 0 Å². The number of hydrogen-bond acceptors (Lipinski definition) is 5. The van der Waals surface area contributed by atoms with Crippen molar-refractivity contribution in [1.29, 1.82) is 0 Å². The molecule has 152 valence electrons. The van der Waals surface area contributed by atoms with Gasteiger partial charge >= 0.3 is 0 Å². The number of rotatable bonds is 5. The Hall–Kier alpha value is -2.74. The number of carbonyl (C=O) groups excluding carboxylic acids is 2. The van der Waals surface area contributed by atoms with Crippen molar-refractivity contribution in [3.8, 4) is 0 Å². The Bertz CT molecular complexity index is 1020. The van der Waals surface area contributed by atoms with E-state index in [1.807, 2.05) is 36.0 Å². The summed E-state index contributed by atoms with van der Waals surface area (Å²) < 4.78 is 1.83. The summed E-state index contributed by atoms with van der Waals surface area (Å²) in [6, 6.07) is 3.65. The van der Waals surface area contributed by atoms with E-state index in [4.69, 9.17) is 0 Å². The van der Waals surface area contributed by atoms with Crippen molar-refractivity contribution in [3.63, 3.8) is 0 Å². The van der Waals surface area contributed by atoms with Crippen LogP contribution in [-0.2, 0) is 4.79 Å². The fourth-order valence-electron chi connectivity index (χ4n) is 3.95. The molecule has 2 N–H and O–H groups in total. The average molecular weight is 412 g/mol. The Balaban J connectivity index is 1.28. The highest BCUT2D eigenvalue weighted by Crippen LogP contribution is 2.26. The number of aryl methyl sites for hydroxylation is 1. The third-order valence-corrected chi connectivity index (χ3v) is 6.41. The predicted molar refractivity (Wildman–Crippen MR) is 112 cm³/mol. The first kappa shape index (κ1) is 19.6. The maximum absolute atomic E-state index is 12.6. The smallest absolute Gasteiger partial charge is 0.252 e. The van der Waals surface area contributed by atoms with E-state index in [2.05, 4.69) is 20.6 Å². The van der Waals surface area contributed by atoms with Gasteiger partial charge in [-0.2, -0.15) is 0 Å². The lowest BCUT2D eigenvalue weighted by atomic mass is 9.85. The van der Waals surface area contributed by atoms with Gasteiger partial charge in [0, 0.05) is 35.4 Å². The molecule has 0 radical (unpaired) electrons. The van der Waals surface area contributed by atoms with Crippen LogP contribution in [0.4, 0.5) is 0 Å².